The Labute approximate surface area is 171 Å². The third kappa shape index (κ3) is 5.47. The lowest BCUT2D eigenvalue weighted by molar-refractivity contribution is -0.124. The molecule has 1 aliphatic heterocycles. The van der Waals surface area contributed by atoms with Crippen LogP contribution in [0.2, 0.25) is 0 Å². The number of carbonyl (C=O) groups excluding carboxylic acids is 1. The molecule has 0 aliphatic carbocycles. The van der Waals surface area contributed by atoms with Crippen LogP contribution < -0.4 is 25.6 Å². The molecule has 1 amide bonds. The van der Waals surface area contributed by atoms with Gasteiger partial charge in [0.1, 0.15) is 5.75 Å². The summed E-state index contributed by atoms with van der Waals surface area (Å²) in [4.78, 5) is 12.7. The Kier molecular flexibility index (Phi) is 6.73. The van der Waals surface area contributed by atoms with Gasteiger partial charge in [-0.15, -0.1) is 0 Å². The molecule has 9 heteroatoms. The van der Waals surface area contributed by atoms with Crippen molar-refractivity contribution in [3.63, 3.8) is 0 Å². The third-order valence-electron chi connectivity index (χ3n) is 4.59. The van der Waals surface area contributed by atoms with Crippen LogP contribution >= 0.6 is 0 Å². The molecule has 0 aromatic heterocycles. The highest BCUT2D eigenvalue weighted by Gasteiger charge is 2.41. The zero-order chi connectivity index (χ0) is 20.9. The number of nitrogens with one attached hydrogen (secondary N) is 4. The minimum atomic E-state index is -3.82. The lowest BCUT2D eigenvalue weighted by atomic mass is 10.1. The average molecular weight is 419 g/mol. The van der Waals surface area contributed by atoms with E-state index in [1.807, 2.05) is 50.2 Å². The lowest BCUT2D eigenvalue weighted by Gasteiger charge is -2.19. The Bertz CT molecular complexity index is 947. The molecule has 1 aliphatic rings. The summed E-state index contributed by atoms with van der Waals surface area (Å²) in [6, 6.07) is 14.4. The molecule has 1 saturated heterocycles. The summed E-state index contributed by atoms with van der Waals surface area (Å²) in [7, 11) is -3.82. The predicted molar refractivity (Wildman–Crippen MR) is 112 cm³/mol. The van der Waals surface area contributed by atoms with Crippen molar-refractivity contribution in [2.75, 3.05) is 17.9 Å². The van der Waals surface area contributed by atoms with Gasteiger partial charge in [-0.1, -0.05) is 29.8 Å². The van der Waals surface area contributed by atoms with Gasteiger partial charge < -0.3 is 10.1 Å². The first-order valence-electron chi connectivity index (χ1n) is 9.45. The average Bonchev–Trinajstić information content (AvgIpc) is 3.19. The van der Waals surface area contributed by atoms with Gasteiger partial charge in [0.05, 0.1) is 12.5 Å². The highest BCUT2D eigenvalue weighted by atomic mass is 32.2. The number of hydrogen-bond acceptors (Lipinski definition) is 6. The smallest absolute Gasteiger partial charge is 0.250 e. The Morgan fingerprint density at radius 3 is 2.69 bits per heavy atom. The van der Waals surface area contributed by atoms with E-state index in [2.05, 4.69) is 20.9 Å². The van der Waals surface area contributed by atoms with Crippen LogP contribution in [-0.4, -0.2) is 32.9 Å². The Hall–Kier alpha value is -2.62. The van der Waals surface area contributed by atoms with Crippen molar-refractivity contribution in [2.45, 2.75) is 25.8 Å². The highest BCUT2D eigenvalue weighted by molar-refractivity contribution is 7.93. The van der Waals surface area contributed by atoms with Crippen molar-refractivity contribution >= 4 is 21.6 Å². The first kappa shape index (κ1) is 21.1. The molecule has 1 fully saturated rings. The fourth-order valence-electron chi connectivity index (χ4n) is 3.08. The van der Waals surface area contributed by atoms with Crippen molar-refractivity contribution in [2.24, 2.45) is 5.92 Å². The van der Waals surface area contributed by atoms with Crippen LogP contribution in [0.25, 0.3) is 0 Å². The molecule has 2 aromatic rings. The maximum atomic E-state index is 12.8. The molecule has 2 atom stereocenters. The van der Waals surface area contributed by atoms with Gasteiger partial charge in [0, 0.05) is 18.8 Å². The van der Waals surface area contributed by atoms with Crippen molar-refractivity contribution in [3.8, 4) is 5.75 Å². The second kappa shape index (κ2) is 9.25. The van der Waals surface area contributed by atoms with Crippen LogP contribution in [0.4, 0.5) is 5.69 Å². The second-order valence-corrected chi connectivity index (χ2v) is 8.67. The predicted octanol–water partition coefficient (Wildman–Crippen LogP) is 1.50. The van der Waals surface area contributed by atoms with Gasteiger partial charge in [-0.25, -0.2) is 13.8 Å². The largest absolute Gasteiger partial charge is 0.494 e. The molecule has 1 heterocycles. The molecule has 0 radical (unpaired) electrons. The summed E-state index contributed by atoms with van der Waals surface area (Å²) in [6.07, 6.45) is 0. The van der Waals surface area contributed by atoms with Gasteiger partial charge in [0.15, 0.2) is 5.37 Å². The summed E-state index contributed by atoms with van der Waals surface area (Å²) in [5, 5.41) is 1.73. The Morgan fingerprint density at radius 1 is 1.21 bits per heavy atom. The maximum Gasteiger partial charge on any atom is 0.250 e. The van der Waals surface area contributed by atoms with Crippen LogP contribution in [0.15, 0.2) is 48.5 Å². The van der Waals surface area contributed by atoms with Crippen LogP contribution in [0.5, 0.6) is 5.75 Å². The Morgan fingerprint density at radius 2 is 1.97 bits per heavy atom. The minimum Gasteiger partial charge on any atom is -0.494 e. The first-order chi connectivity index (χ1) is 13.9. The van der Waals surface area contributed by atoms with Crippen molar-refractivity contribution in [1.29, 1.82) is 0 Å². The van der Waals surface area contributed by atoms with E-state index in [1.54, 1.807) is 12.1 Å². The molecule has 0 saturated carbocycles. The number of rotatable bonds is 8. The van der Waals surface area contributed by atoms with Gasteiger partial charge in [-0.2, -0.15) is 0 Å². The zero-order valence-corrected chi connectivity index (χ0v) is 17.3. The summed E-state index contributed by atoms with van der Waals surface area (Å²) in [6.45, 7) is 4.88. The minimum absolute atomic E-state index is 0.213. The SMILES string of the molecule is CCOc1cccc(CNC(=O)C2CNNC2S(=O)(=O)Nc2ccc(C)cc2)c1. The number of anilines is 1. The number of hydrazine groups is 1. The van der Waals surface area contributed by atoms with Gasteiger partial charge in [0.25, 0.3) is 10.0 Å². The topological polar surface area (TPSA) is 109 Å². The van der Waals surface area contributed by atoms with E-state index in [1.165, 1.54) is 0 Å². The van der Waals surface area contributed by atoms with Crippen molar-refractivity contribution in [3.05, 3.63) is 59.7 Å². The summed E-state index contributed by atoms with van der Waals surface area (Å²) in [5.74, 6) is -0.386. The summed E-state index contributed by atoms with van der Waals surface area (Å²) in [5.41, 5.74) is 7.84. The standard InChI is InChI=1S/C20H26N4O4S/c1-3-28-17-6-4-5-15(11-17)12-21-19(25)18-13-22-23-20(18)29(26,27)24-16-9-7-14(2)8-10-16/h4-11,18,20,22-24H,3,12-13H2,1-2H3,(H,21,25). The molecule has 3 rings (SSSR count). The van der Waals surface area contributed by atoms with E-state index in [9.17, 15) is 13.2 Å². The number of amides is 1. The first-order valence-corrected chi connectivity index (χ1v) is 11.0. The maximum absolute atomic E-state index is 12.8. The van der Waals surface area contributed by atoms with E-state index in [0.29, 0.717) is 12.3 Å². The molecule has 156 valence electrons. The van der Waals surface area contributed by atoms with Gasteiger partial charge in [-0.05, 0) is 43.7 Å². The fraction of sp³-hybridized carbons (Fsp3) is 0.350. The Balaban J connectivity index is 1.64. The third-order valence-corrected chi connectivity index (χ3v) is 6.23. The van der Waals surface area contributed by atoms with E-state index in [-0.39, 0.29) is 19.0 Å². The van der Waals surface area contributed by atoms with Crippen LogP contribution in [0, 0.1) is 12.8 Å². The highest BCUT2D eigenvalue weighted by Crippen LogP contribution is 2.19. The van der Waals surface area contributed by atoms with Crippen molar-refractivity contribution in [1.82, 2.24) is 16.2 Å². The van der Waals surface area contributed by atoms with Crippen LogP contribution in [-0.2, 0) is 21.4 Å². The van der Waals surface area contributed by atoms with E-state index < -0.39 is 21.3 Å². The zero-order valence-electron chi connectivity index (χ0n) is 16.4. The van der Waals surface area contributed by atoms with E-state index in [0.717, 1.165) is 16.9 Å². The quantitative estimate of drug-likeness (QED) is 0.517. The van der Waals surface area contributed by atoms with Gasteiger partial charge in [0.2, 0.25) is 5.91 Å². The summed E-state index contributed by atoms with van der Waals surface area (Å²) < 4.78 is 33.6. The molecule has 8 nitrogen and oxygen atoms in total. The molecule has 0 spiro atoms. The number of carbonyl (C=O) groups is 1. The molecular formula is C20H26N4O4S. The molecule has 29 heavy (non-hydrogen) atoms. The number of aryl methyl sites for hydroxylation is 1. The number of sulfonamides is 1. The molecule has 0 bridgehead atoms. The van der Waals surface area contributed by atoms with Gasteiger partial charge >= 0.3 is 0 Å². The monoisotopic (exact) mass is 418 g/mol. The lowest BCUT2D eigenvalue weighted by Crippen LogP contribution is -2.46. The van der Waals surface area contributed by atoms with E-state index in [4.69, 9.17) is 4.74 Å². The number of hydrogen-bond donors (Lipinski definition) is 4. The molecule has 2 aromatic carbocycles. The molecular weight excluding hydrogens is 392 g/mol. The molecule has 4 N–H and O–H groups in total. The number of ether oxygens (including phenoxy) is 1. The van der Waals surface area contributed by atoms with E-state index >= 15 is 0 Å². The van der Waals surface area contributed by atoms with Gasteiger partial charge in [-0.3, -0.25) is 14.9 Å². The summed E-state index contributed by atoms with van der Waals surface area (Å²) >= 11 is 0. The second-order valence-electron chi connectivity index (χ2n) is 6.86. The normalized spacial score (nSPS) is 19.0. The number of benzene rings is 2. The fourth-order valence-corrected chi connectivity index (χ4v) is 4.57. The van der Waals surface area contributed by atoms with Crippen LogP contribution in [0.1, 0.15) is 18.1 Å². The molecule has 2 unspecified atom stereocenters. The van der Waals surface area contributed by atoms with Crippen molar-refractivity contribution < 1.29 is 17.9 Å². The van der Waals surface area contributed by atoms with Crippen LogP contribution in [0.3, 0.4) is 0 Å².